The Hall–Kier alpha value is -5.21. The summed E-state index contributed by atoms with van der Waals surface area (Å²) >= 11 is 0.584. The van der Waals surface area contributed by atoms with Crippen molar-refractivity contribution >= 4 is 95.6 Å². The summed E-state index contributed by atoms with van der Waals surface area (Å²) < 4.78 is 93.7. The Morgan fingerprint density at radius 1 is 0.950 bits per heavy atom. The number of carbonyl (C=O) groups is 1. The van der Waals surface area contributed by atoms with E-state index in [4.69, 9.17) is 19.4 Å². The number of anilines is 4. The van der Waals surface area contributed by atoms with E-state index in [1.165, 1.54) is 54.6 Å². The van der Waals surface area contributed by atoms with Crippen molar-refractivity contribution in [2.24, 2.45) is 10.2 Å². The summed E-state index contributed by atoms with van der Waals surface area (Å²) in [6.07, 6.45) is -1.18. The van der Waals surface area contributed by atoms with Gasteiger partial charge in [0.05, 0.1) is 58.8 Å². The molecule has 23 nitrogen and oxygen atoms in total. The van der Waals surface area contributed by atoms with Gasteiger partial charge in [0.1, 0.15) is 10.6 Å². The quantitative estimate of drug-likeness (QED) is 0.0156. The van der Waals surface area contributed by atoms with Crippen LogP contribution in [0.4, 0.5) is 39.0 Å². The van der Waals surface area contributed by atoms with Crippen LogP contribution in [-0.2, 0) is 47.6 Å². The molecule has 60 heavy (non-hydrogen) atoms. The van der Waals surface area contributed by atoms with E-state index >= 15 is 0 Å². The molecule has 28 heteroatoms. The van der Waals surface area contributed by atoms with Crippen LogP contribution in [-0.4, -0.2) is 96.5 Å². The van der Waals surface area contributed by atoms with Gasteiger partial charge in [-0.05, 0) is 66.0 Å². The zero-order valence-corrected chi connectivity index (χ0v) is 33.3. The number of nitrogens with zero attached hydrogens (tertiary/aromatic N) is 6. The van der Waals surface area contributed by atoms with Crippen LogP contribution >= 0.6 is 24.4 Å². The molecule has 0 atom stereocenters. The molecule has 0 bridgehead atoms. The SMILES string of the molecule is O=C(Nc1cccc(S(=O)(=O)CCOSOOO)c1)c1ccc(N=Nc2c(SOOO)cc3cc(S(=O)(=O)O)c(Nc4nc(F)nc(N5CCOCC5)n4)cc3c2O)cc1. The van der Waals surface area contributed by atoms with Gasteiger partial charge in [-0.2, -0.15) is 32.9 Å². The first-order valence-electron chi connectivity index (χ1n) is 16.7. The monoisotopic (exact) mass is 912 g/mol. The van der Waals surface area contributed by atoms with Crippen LogP contribution in [0.5, 0.6) is 5.75 Å². The Kier molecular flexibility index (Phi) is 14.7. The van der Waals surface area contributed by atoms with Crippen molar-refractivity contribution in [1.29, 1.82) is 0 Å². The fourth-order valence-electron chi connectivity index (χ4n) is 5.40. The predicted molar refractivity (Wildman–Crippen MR) is 208 cm³/mol. The molecule has 5 aromatic rings. The van der Waals surface area contributed by atoms with Crippen molar-refractivity contribution in [3.63, 3.8) is 0 Å². The molecule has 0 spiro atoms. The number of rotatable bonds is 18. The molecule has 0 saturated carbocycles. The smallest absolute Gasteiger partial charge is 0.315 e. The minimum absolute atomic E-state index is 0.0102. The number of morpholine rings is 1. The number of nitrogens with one attached hydrogen (secondary N) is 2. The van der Waals surface area contributed by atoms with E-state index in [-0.39, 0.29) is 73.8 Å². The molecule has 0 unspecified atom stereocenters. The maximum absolute atomic E-state index is 14.5. The molecule has 1 amide bonds. The minimum Gasteiger partial charge on any atom is -0.505 e. The van der Waals surface area contributed by atoms with Crippen molar-refractivity contribution in [1.82, 2.24) is 15.0 Å². The number of hydrogen-bond donors (Lipinski definition) is 6. The van der Waals surface area contributed by atoms with Crippen molar-refractivity contribution in [3.8, 4) is 5.75 Å². The zero-order valence-electron chi connectivity index (χ0n) is 30.1. The topological polar surface area (TPSA) is 312 Å². The molecular formula is C32H29FN8O15S4. The summed E-state index contributed by atoms with van der Waals surface area (Å²) in [5.41, 5.74) is -0.164. The zero-order chi connectivity index (χ0) is 42.9. The highest BCUT2D eigenvalue weighted by atomic mass is 32.2. The van der Waals surface area contributed by atoms with Crippen LogP contribution in [0.15, 0.2) is 91.6 Å². The number of halogens is 1. The average molecular weight is 913 g/mol. The summed E-state index contributed by atoms with van der Waals surface area (Å²) in [5.74, 6) is -2.14. The van der Waals surface area contributed by atoms with Crippen molar-refractivity contribution in [3.05, 3.63) is 78.4 Å². The average Bonchev–Trinajstić information content (AvgIpc) is 3.22. The van der Waals surface area contributed by atoms with Crippen LogP contribution in [0.25, 0.3) is 10.8 Å². The van der Waals surface area contributed by atoms with Gasteiger partial charge in [-0.3, -0.25) is 13.5 Å². The van der Waals surface area contributed by atoms with Crippen LogP contribution in [0.2, 0.25) is 0 Å². The number of hydrogen-bond acceptors (Lipinski definition) is 23. The van der Waals surface area contributed by atoms with Gasteiger partial charge < -0.3 is 25.4 Å². The molecule has 0 aliphatic carbocycles. The largest absolute Gasteiger partial charge is 0.505 e. The number of ether oxygens (including phenoxy) is 1. The third kappa shape index (κ3) is 11.3. The lowest BCUT2D eigenvalue weighted by Gasteiger charge is -2.26. The van der Waals surface area contributed by atoms with E-state index < -0.39 is 54.3 Å². The van der Waals surface area contributed by atoms with E-state index in [1.54, 1.807) is 4.90 Å². The van der Waals surface area contributed by atoms with Crippen LogP contribution in [0.3, 0.4) is 0 Å². The molecule has 1 aliphatic heterocycles. The first-order chi connectivity index (χ1) is 28.7. The van der Waals surface area contributed by atoms with Gasteiger partial charge in [0.25, 0.3) is 16.0 Å². The number of fused-ring (bicyclic) bond motifs is 1. The lowest BCUT2D eigenvalue weighted by atomic mass is 10.1. The number of carbonyl (C=O) groups excluding carboxylic acids is 1. The van der Waals surface area contributed by atoms with E-state index in [0.29, 0.717) is 38.3 Å². The normalized spacial score (nSPS) is 13.6. The minimum atomic E-state index is -4.98. The van der Waals surface area contributed by atoms with Crippen LogP contribution < -0.4 is 15.5 Å². The molecule has 6 N–H and O–H groups in total. The van der Waals surface area contributed by atoms with Gasteiger partial charge in [-0.1, -0.05) is 16.1 Å². The van der Waals surface area contributed by atoms with Gasteiger partial charge in [0.15, 0.2) is 27.9 Å². The summed E-state index contributed by atoms with van der Waals surface area (Å²) in [6.45, 7) is 1.05. The second-order valence-corrected chi connectivity index (χ2v) is 16.6. The highest BCUT2D eigenvalue weighted by molar-refractivity contribution is 7.94. The van der Waals surface area contributed by atoms with Crippen molar-refractivity contribution in [2.45, 2.75) is 14.7 Å². The maximum atomic E-state index is 14.5. The third-order valence-electron chi connectivity index (χ3n) is 8.11. The molecule has 4 aromatic carbocycles. The fraction of sp³-hybridized carbons (Fsp3) is 0.188. The summed E-state index contributed by atoms with van der Waals surface area (Å²) in [5, 5.41) is 48.7. The van der Waals surface area contributed by atoms with E-state index in [2.05, 4.69) is 54.6 Å². The molecule has 1 aromatic heterocycles. The molecule has 1 fully saturated rings. The van der Waals surface area contributed by atoms with Gasteiger partial charge in [0.2, 0.25) is 11.9 Å². The van der Waals surface area contributed by atoms with Crippen LogP contribution in [0.1, 0.15) is 10.4 Å². The van der Waals surface area contributed by atoms with Crippen molar-refractivity contribution < 1.29 is 73.9 Å². The number of amides is 1. The molecule has 318 valence electrons. The van der Waals surface area contributed by atoms with Gasteiger partial charge in [-0.25, -0.2) is 18.9 Å². The molecule has 0 radical (unpaired) electrons. The highest BCUT2D eigenvalue weighted by Crippen LogP contribution is 2.46. The van der Waals surface area contributed by atoms with E-state index in [9.17, 15) is 35.7 Å². The van der Waals surface area contributed by atoms with Crippen LogP contribution in [0, 0.1) is 6.08 Å². The lowest BCUT2D eigenvalue weighted by molar-refractivity contribution is -0.434. The molecule has 6 rings (SSSR count). The van der Waals surface area contributed by atoms with E-state index in [1.807, 2.05) is 0 Å². The Bertz CT molecular complexity index is 2610. The van der Waals surface area contributed by atoms with Gasteiger partial charge >= 0.3 is 6.08 Å². The number of phenolic OH excluding ortho intramolecular Hbond substituents is 1. The number of phenols is 1. The lowest BCUT2D eigenvalue weighted by Crippen LogP contribution is -2.37. The first-order valence-corrected chi connectivity index (χ1v) is 21.2. The summed E-state index contributed by atoms with van der Waals surface area (Å²) in [4.78, 5) is 25.2. The molecular weight excluding hydrogens is 884 g/mol. The number of sulfone groups is 1. The number of azo groups is 1. The molecule has 1 aliphatic rings. The third-order valence-corrected chi connectivity index (χ3v) is 11.7. The Morgan fingerprint density at radius 2 is 1.70 bits per heavy atom. The highest BCUT2D eigenvalue weighted by Gasteiger charge is 2.24. The Morgan fingerprint density at radius 3 is 2.42 bits per heavy atom. The predicted octanol–water partition coefficient (Wildman–Crippen LogP) is 5.57. The summed E-state index contributed by atoms with van der Waals surface area (Å²) in [7, 11) is -8.82. The maximum Gasteiger partial charge on any atom is 0.315 e. The number of aromatic nitrogens is 3. The number of benzene rings is 4. The number of aromatic hydroxyl groups is 1. The summed E-state index contributed by atoms with van der Waals surface area (Å²) in [6, 6.07) is 14.5. The van der Waals surface area contributed by atoms with E-state index in [0.717, 1.165) is 12.1 Å². The fourth-order valence-corrected chi connectivity index (χ4v) is 8.01. The molecule has 1 saturated heterocycles. The van der Waals surface area contributed by atoms with Gasteiger partial charge in [-0.15, -0.1) is 13.8 Å². The Balaban J connectivity index is 1.24. The van der Waals surface area contributed by atoms with Gasteiger partial charge in [0, 0.05) is 29.7 Å². The second-order valence-electron chi connectivity index (χ2n) is 11.9. The second kappa shape index (κ2) is 19.9. The Labute approximate surface area is 346 Å². The first kappa shape index (κ1) is 44.3. The van der Waals surface area contributed by atoms with Crippen molar-refractivity contribution in [2.75, 3.05) is 54.2 Å². The standard InChI is InChI=1S/C32H29FN8O15S4/c33-30-36-31(38-32(37-30)41-8-10-51-11-9-41)35-24-17-23-19(15-26(24)60(48,49)50)14-25(57-55-53-44)27(28(23)42)40-39-20-6-4-18(5-7-20)29(43)34-21-2-1-3-22(16-21)59(46,47)13-12-52-58-56-54-45/h1-7,14-17,42,44-45H,8-13H2,(H,34,43)(H,48,49,50)(H,35,36,37,38). The molecule has 2 heterocycles.